The number of hydrogen-bond donors (Lipinski definition) is 0. The summed E-state index contributed by atoms with van der Waals surface area (Å²) in [7, 11) is 0. The van der Waals surface area contributed by atoms with Crippen molar-refractivity contribution in [2.24, 2.45) is 0 Å². The monoisotopic (exact) mass is 275 g/mol. The van der Waals surface area contributed by atoms with Gasteiger partial charge >= 0.3 is 0 Å². The summed E-state index contributed by atoms with van der Waals surface area (Å²) in [5, 5.41) is 3.67. The van der Waals surface area contributed by atoms with Crippen LogP contribution in [0.4, 0.5) is 0 Å². The van der Waals surface area contributed by atoms with Crippen LogP contribution in [0.1, 0.15) is 22.5 Å². The van der Waals surface area contributed by atoms with E-state index in [1.807, 2.05) is 4.90 Å². The molecular weight excluding hydrogens is 266 g/mol. The predicted octanol–water partition coefficient (Wildman–Crippen LogP) is 1.54. The van der Waals surface area contributed by atoms with Gasteiger partial charge < -0.3 is 4.90 Å². The van der Waals surface area contributed by atoms with Crippen molar-refractivity contribution in [2.75, 3.05) is 13.1 Å². The normalized spacial score (nSPS) is 22.4. The largest absolute Gasteiger partial charge is 0.337 e. The molecule has 0 aromatic carbocycles. The molecule has 14 heavy (non-hydrogen) atoms. The van der Waals surface area contributed by atoms with Crippen LogP contribution in [0.5, 0.6) is 0 Å². The highest BCUT2D eigenvalue weighted by molar-refractivity contribution is 9.09. The number of halogens is 1. The van der Waals surface area contributed by atoms with Gasteiger partial charge in [-0.1, -0.05) is 20.4 Å². The number of carbonyl (C=O) groups is 1. The fourth-order valence-corrected chi connectivity index (χ4v) is 2.68. The smallest absolute Gasteiger partial charge is 0.267 e. The Morgan fingerprint density at radius 2 is 2.57 bits per heavy atom. The second-order valence-corrected chi connectivity index (χ2v) is 5.35. The van der Waals surface area contributed by atoms with E-state index in [4.69, 9.17) is 0 Å². The van der Waals surface area contributed by atoms with Gasteiger partial charge in [-0.3, -0.25) is 4.79 Å². The highest BCUT2D eigenvalue weighted by atomic mass is 79.9. The van der Waals surface area contributed by atoms with E-state index in [2.05, 4.69) is 25.5 Å². The molecule has 1 saturated heterocycles. The quantitative estimate of drug-likeness (QED) is 0.731. The van der Waals surface area contributed by atoms with Crippen molar-refractivity contribution in [2.45, 2.75) is 17.7 Å². The Labute approximate surface area is 94.6 Å². The zero-order valence-corrected chi connectivity index (χ0v) is 9.92. The molecule has 2 heterocycles. The Kier molecular flexibility index (Phi) is 3.12. The van der Waals surface area contributed by atoms with Crippen LogP contribution in [0.15, 0.2) is 6.20 Å². The number of piperidine rings is 1. The maximum atomic E-state index is 11.8. The molecule has 0 spiro atoms. The summed E-state index contributed by atoms with van der Waals surface area (Å²) in [6, 6.07) is 0. The Hall–Kier alpha value is -0.490. The highest BCUT2D eigenvalue weighted by Crippen LogP contribution is 2.19. The molecule has 1 aromatic rings. The molecule has 1 aromatic heterocycles. The summed E-state index contributed by atoms with van der Waals surface area (Å²) in [6.45, 7) is 1.63. The molecule has 0 aliphatic carbocycles. The molecule has 6 heteroatoms. The number of nitrogens with zero attached hydrogens (tertiary/aromatic N) is 3. The average Bonchev–Trinajstić information content (AvgIpc) is 2.69. The van der Waals surface area contributed by atoms with Gasteiger partial charge in [0.2, 0.25) is 0 Å². The van der Waals surface area contributed by atoms with E-state index in [9.17, 15) is 4.79 Å². The predicted molar refractivity (Wildman–Crippen MR) is 57.8 cm³/mol. The Morgan fingerprint density at radius 1 is 1.71 bits per heavy atom. The maximum Gasteiger partial charge on any atom is 0.267 e. The summed E-state index contributed by atoms with van der Waals surface area (Å²) in [5.74, 6) is 0.0594. The third-order valence-electron chi connectivity index (χ3n) is 2.22. The van der Waals surface area contributed by atoms with Gasteiger partial charge in [-0.25, -0.2) is 0 Å². The fraction of sp³-hybridized carbons (Fsp3) is 0.625. The van der Waals surface area contributed by atoms with Crippen molar-refractivity contribution in [1.82, 2.24) is 14.5 Å². The zero-order chi connectivity index (χ0) is 9.97. The lowest BCUT2D eigenvalue weighted by molar-refractivity contribution is 0.0734. The second-order valence-electron chi connectivity index (χ2n) is 3.27. The van der Waals surface area contributed by atoms with E-state index >= 15 is 0 Å². The standard InChI is InChI=1S/C8H10BrN3OS/c9-6-2-1-3-12(5-6)8(13)7-4-10-11-14-7/h4,6H,1-3,5H2. The van der Waals surface area contributed by atoms with Crippen molar-refractivity contribution >= 4 is 33.4 Å². The number of alkyl halides is 1. The molecule has 4 nitrogen and oxygen atoms in total. The van der Waals surface area contributed by atoms with Crippen molar-refractivity contribution < 1.29 is 4.79 Å². The van der Waals surface area contributed by atoms with Crippen LogP contribution in [-0.4, -0.2) is 38.3 Å². The van der Waals surface area contributed by atoms with Crippen LogP contribution >= 0.6 is 27.5 Å². The van der Waals surface area contributed by atoms with Crippen molar-refractivity contribution in [1.29, 1.82) is 0 Å². The number of aromatic nitrogens is 2. The first-order valence-corrected chi connectivity index (χ1v) is 6.17. The number of rotatable bonds is 1. The van der Waals surface area contributed by atoms with Crippen molar-refractivity contribution in [3.63, 3.8) is 0 Å². The van der Waals surface area contributed by atoms with E-state index in [0.717, 1.165) is 37.5 Å². The fourth-order valence-electron chi connectivity index (χ4n) is 1.53. The highest BCUT2D eigenvalue weighted by Gasteiger charge is 2.23. The van der Waals surface area contributed by atoms with Gasteiger partial charge in [0, 0.05) is 17.9 Å². The average molecular weight is 276 g/mol. The molecule has 0 saturated carbocycles. The zero-order valence-electron chi connectivity index (χ0n) is 7.52. The van der Waals surface area contributed by atoms with Crippen LogP contribution in [0, 0.1) is 0 Å². The number of amides is 1. The molecule has 1 aliphatic heterocycles. The first-order chi connectivity index (χ1) is 6.77. The third kappa shape index (κ3) is 2.12. The number of likely N-dealkylation sites (tertiary alicyclic amines) is 1. The molecule has 1 atom stereocenters. The molecular formula is C8H10BrN3OS. The van der Waals surface area contributed by atoms with Crippen LogP contribution < -0.4 is 0 Å². The Balaban J connectivity index is 2.04. The molecule has 0 N–H and O–H groups in total. The van der Waals surface area contributed by atoms with Crippen LogP contribution in [0.3, 0.4) is 0 Å². The summed E-state index contributed by atoms with van der Waals surface area (Å²) in [5.41, 5.74) is 0. The van der Waals surface area contributed by atoms with Gasteiger partial charge in [-0.15, -0.1) is 5.10 Å². The Bertz CT molecular complexity index is 316. The molecule has 76 valence electrons. The van der Waals surface area contributed by atoms with Crippen LogP contribution in [-0.2, 0) is 0 Å². The van der Waals surface area contributed by atoms with Gasteiger partial charge in [0.25, 0.3) is 5.91 Å². The molecule has 0 bridgehead atoms. The van der Waals surface area contributed by atoms with E-state index in [-0.39, 0.29) is 5.91 Å². The van der Waals surface area contributed by atoms with E-state index in [1.165, 1.54) is 6.20 Å². The molecule has 1 unspecified atom stereocenters. The first-order valence-electron chi connectivity index (χ1n) is 4.48. The molecule has 1 aliphatic rings. The topological polar surface area (TPSA) is 46.1 Å². The molecule has 1 fully saturated rings. The Morgan fingerprint density at radius 3 is 3.21 bits per heavy atom. The first kappa shape index (κ1) is 10.0. The summed E-state index contributed by atoms with van der Waals surface area (Å²) >= 11 is 4.70. The van der Waals surface area contributed by atoms with Crippen molar-refractivity contribution in [3.05, 3.63) is 11.1 Å². The van der Waals surface area contributed by atoms with E-state index in [0.29, 0.717) is 9.70 Å². The number of hydrogen-bond acceptors (Lipinski definition) is 4. The van der Waals surface area contributed by atoms with Gasteiger partial charge in [0.1, 0.15) is 4.88 Å². The second kappa shape index (κ2) is 4.35. The SMILES string of the molecule is O=C(c1cnns1)N1CCCC(Br)C1. The van der Waals surface area contributed by atoms with Gasteiger partial charge in [0.05, 0.1) is 6.20 Å². The minimum Gasteiger partial charge on any atom is -0.337 e. The molecule has 2 rings (SSSR count). The van der Waals surface area contributed by atoms with Gasteiger partial charge in [-0.2, -0.15) is 0 Å². The number of carbonyl (C=O) groups excluding carboxylic acids is 1. The lowest BCUT2D eigenvalue weighted by Gasteiger charge is -2.29. The maximum absolute atomic E-state index is 11.8. The summed E-state index contributed by atoms with van der Waals surface area (Å²) in [6.07, 6.45) is 3.74. The van der Waals surface area contributed by atoms with Crippen LogP contribution in [0.25, 0.3) is 0 Å². The minimum atomic E-state index is 0.0594. The van der Waals surface area contributed by atoms with Crippen molar-refractivity contribution in [3.8, 4) is 0 Å². The van der Waals surface area contributed by atoms with E-state index < -0.39 is 0 Å². The molecule has 1 amide bonds. The van der Waals surface area contributed by atoms with Crippen LogP contribution in [0.2, 0.25) is 0 Å². The summed E-state index contributed by atoms with van der Waals surface area (Å²) in [4.78, 5) is 14.8. The van der Waals surface area contributed by atoms with Gasteiger partial charge in [-0.05, 0) is 24.4 Å². The lowest BCUT2D eigenvalue weighted by atomic mass is 10.1. The van der Waals surface area contributed by atoms with E-state index in [1.54, 1.807) is 0 Å². The lowest BCUT2D eigenvalue weighted by Crippen LogP contribution is -2.39. The molecule has 0 radical (unpaired) electrons. The van der Waals surface area contributed by atoms with Gasteiger partial charge in [0.15, 0.2) is 0 Å². The minimum absolute atomic E-state index is 0.0594. The third-order valence-corrected chi connectivity index (χ3v) is 3.62. The summed E-state index contributed by atoms with van der Waals surface area (Å²) < 4.78 is 3.69.